The fourth-order valence-corrected chi connectivity index (χ4v) is 2.13. The van der Waals surface area contributed by atoms with Crippen LogP contribution in [0.4, 0.5) is 4.39 Å². The van der Waals surface area contributed by atoms with Crippen LogP contribution in [0.25, 0.3) is 0 Å². The molecule has 3 rings (SSSR count). The Labute approximate surface area is 115 Å². The Morgan fingerprint density at radius 1 is 1.45 bits per heavy atom. The Morgan fingerprint density at radius 3 is 2.80 bits per heavy atom. The predicted molar refractivity (Wildman–Crippen MR) is 70.4 cm³/mol. The van der Waals surface area contributed by atoms with Crippen LogP contribution >= 0.6 is 0 Å². The van der Waals surface area contributed by atoms with Gasteiger partial charge in [-0.2, -0.15) is 0 Å². The summed E-state index contributed by atoms with van der Waals surface area (Å²) in [6.07, 6.45) is 1.90. The Balaban J connectivity index is 1.83. The molecule has 1 amide bonds. The van der Waals surface area contributed by atoms with Gasteiger partial charge in [-0.15, -0.1) is 5.10 Å². The first-order chi connectivity index (χ1) is 9.65. The summed E-state index contributed by atoms with van der Waals surface area (Å²) in [6, 6.07) is 6.68. The molecular formula is C14H15FN4O. The number of amides is 1. The molecule has 6 heteroatoms. The van der Waals surface area contributed by atoms with Gasteiger partial charge in [0.2, 0.25) is 5.82 Å². The van der Waals surface area contributed by atoms with Crippen molar-refractivity contribution in [2.24, 2.45) is 0 Å². The number of benzene rings is 1. The van der Waals surface area contributed by atoms with E-state index in [-0.39, 0.29) is 30.1 Å². The minimum Gasteiger partial charge on any atom is -0.328 e. The average molecular weight is 274 g/mol. The van der Waals surface area contributed by atoms with Gasteiger partial charge in [-0.05, 0) is 25.8 Å². The lowest BCUT2D eigenvalue weighted by Gasteiger charge is -2.21. The molecule has 20 heavy (non-hydrogen) atoms. The highest BCUT2D eigenvalue weighted by molar-refractivity contribution is 5.90. The highest BCUT2D eigenvalue weighted by Gasteiger charge is 2.34. The lowest BCUT2D eigenvalue weighted by Crippen LogP contribution is -2.33. The van der Waals surface area contributed by atoms with Gasteiger partial charge in [-0.1, -0.05) is 18.2 Å². The molecule has 1 aliphatic rings. The van der Waals surface area contributed by atoms with E-state index in [1.165, 1.54) is 6.07 Å². The standard InChI is InChI=1S/C14H15FN4O/c1-9-16-13(18-17-9)14(20)19(11-6-7-11)8-10-4-2-3-5-12(10)15/h2-5,11H,6-8H2,1H3,(H,16,17,18). The van der Waals surface area contributed by atoms with Gasteiger partial charge in [0, 0.05) is 18.2 Å². The Kier molecular flexibility index (Phi) is 3.22. The van der Waals surface area contributed by atoms with Crippen LogP contribution in [-0.4, -0.2) is 32.0 Å². The second-order valence-corrected chi connectivity index (χ2v) is 5.00. The summed E-state index contributed by atoms with van der Waals surface area (Å²) in [6.45, 7) is 1.99. The third-order valence-electron chi connectivity index (χ3n) is 3.34. The highest BCUT2D eigenvalue weighted by atomic mass is 19.1. The molecule has 1 saturated carbocycles. The van der Waals surface area contributed by atoms with E-state index in [1.54, 1.807) is 30.0 Å². The molecule has 0 aliphatic heterocycles. The SMILES string of the molecule is Cc1nc(C(=O)N(Cc2ccccc2F)C2CC2)n[nH]1. The van der Waals surface area contributed by atoms with Gasteiger partial charge in [-0.25, -0.2) is 9.37 Å². The number of hydrogen-bond acceptors (Lipinski definition) is 3. The van der Waals surface area contributed by atoms with Crippen molar-refractivity contribution in [1.29, 1.82) is 0 Å². The van der Waals surface area contributed by atoms with E-state index in [4.69, 9.17) is 0 Å². The van der Waals surface area contributed by atoms with Gasteiger partial charge >= 0.3 is 0 Å². The third kappa shape index (κ3) is 2.54. The number of aromatic amines is 1. The van der Waals surface area contributed by atoms with Gasteiger partial charge in [0.1, 0.15) is 11.6 Å². The van der Waals surface area contributed by atoms with Crippen LogP contribution in [0.2, 0.25) is 0 Å². The lowest BCUT2D eigenvalue weighted by molar-refractivity contribution is 0.0716. The molecule has 0 saturated heterocycles. The summed E-state index contributed by atoms with van der Waals surface area (Å²) >= 11 is 0. The summed E-state index contributed by atoms with van der Waals surface area (Å²) in [5.41, 5.74) is 0.514. The largest absolute Gasteiger partial charge is 0.328 e. The first-order valence-electron chi connectivity index (χ1n) is 6.58. The Morgan fingerprint density at radius 2 is 2.20 bits per heavy atom. The fraction of sp³-hybridized carbons (Fsp3) is 0.357. The molecule has 5 nitrogen and oxygen atoms in total. The number of aromatic nitrogens is 3. The quantitative estimate of drug-likeness (QED) is 0.928. The first kappa shape index (κ1) is 12.8. The summed E-state index contributed by atoms with van der Waals surface area (Å²) in [5, 5.41) is 6.55. The number of carbonyl (C=O) groups is 1. The van der Waals surface area contributed by atoms with Crippen molar-refractivity contribution in [3.05, 3.63) is 47.3 Å². The Hall–Kier alpha value is -2.24. The van der Waals surface area contributed by atoms with E-state index in [1.807, 2.05) is 0 Å². The first-order valence-corrected chi connectivity index (χ1v) is 6.58. The summed E-state index contributed by atoms with van der Waals surface area (Å²) in [7, 11) is 0. The van der Waals surface area contributed by atoms with Crippen LogP contribution in [0, 0.1) is 12.7 Å². The molecule has 104 valence electrons. The number of hydrogen-bond donors (Lipinski definition) is 1. The lowest BCUT2D eigenvalue weighted by atomic mass is 10.2. The smallest absolute Gasteiger partial charge is 0.294 e. The van der Waals surface area contributed by atoms with Gasteiger partial charge in [0.05, 0.1) is 0 Å². The number of carbonyl (C=O) groups excluding carboxylic acids is 1. The number of aryl methyl sites for hydroxylation is 1. The molecule has 2 aromatic rings. The van der Waals surface area contributed by atoms with E-state index in [2.05, 4.69) is 15.2 Å². The van der Waals surface area contributed by atoms with Crippen LogP contribution < -0.4 is 0 Å². The molecule has 1 aromatic carbocycles. The molecule has 0 radical (unpaired) electrons. The van der Waals surface area contributed by atoms with Gasteiger partial charge in [0.15, 0.2) is 0 Å². The maximum Gasteiger partial charge on any atom is 0.294 e. The van der Waals surface area contributed by atoms with Crippen LogP contribution in [0.3, 0.4) is 0 Å². The van der Waals surface area contributed by atoms with E-state index < -0.39 is 0 Å². The van der Waals surface area contributed by atoms with Crippen molar-refractivity contribution < 1.29 is 9.18 Å². The van der Waals surface area contributed by atoms with Crippen LogP contribution in [0.15, 0.2) is 24.3 Å². The van der Waals surface area contributed by atoms with Crippen molar-refractivity contribution in [3.63, 3.8) is 0 Å². The topological polar surface area (TPSA) is 61.9 Å². The van der Waals surface area contributed by atoms with Gasteiger partial charge < -0.3 is 4.90 Å². The summed E-state index contributed by atoms with van der Waals surface area (Å²) in [4.78, 5) is 18.1. The molecule has 1 heterocycles. The van der Waals surface area contributed by atoms with Crippen LogP contribution in [-0.2, 0) is 6.54 Å². The number of H-pyrrole nitrogens is 1. The Bertz CT molecular complexity index is 636. The zero-order valence-corrected chi connectivity index (χ0v) is 11.1. The van der Waals surface area contributed by atoms with Crippen molar-refractivity contribution in [2.75, 3.05) is 0 Å². The van der Waals surface area contributed by atoms with Crippen molar-refractivity contribution in [3.8, 4) is 0 Å². The average Bonchev–Trinajstić information content (AvgIpc) is 3.18. The summed E-state index contributed by atoms with van der Waals surface area (Å²) < 4.78 is 13.7. The summed E-state index contributed by atoms with van der Waals surface area (Å²) in [5.74, 6) is 0.193. The van der Waals surface area contributed by atoms with Crippen molar-refractivity contribution >= 4 is 5.91 Å². The third-order valence-corrected chi connectivity index (χ3v) is 3.34. The maximum atomic E-state index is 13.7. The van der Waals surface area contributed by atoms with Gasteiger partial charge in [0.25, 0.3) is 5.91 Å². The highest BCUT2D eigenvalue weighted by Crippen LogP contribution is 2.29. The molecule has 1 aliphatic carbocycles. The molecule has 0 spiro atoms. The van der Waals surface area contributed by atoms with Crippen LogP contribution in [0.5, 0.6) is 0 Å². The molecule has 1 aromatic heterocycles. The number of halogens is 1. The van der Waals surface area contributed by atoms with E-state index in [0.717, 1.165) is 12.8 Å². The zero-order chi connectivity index (χ0) is 14.1. The van der Waals surface area contributed by atoms with Gasteiger partial charge in [-0.3, -0.25) is 9.89 Å². The molecule has 0 unspecified atom stereocenters. The molecule has 0 bridgehead atoms. The molecule has 1 N–H and O–H groups in total. The second kappa shape index (κ2) is 5.03. The fourth-order valence-electron chi connectivity index (χ4n) is 2.13. The molecule has 0 atom stereocenters. The van der Waals surface area contributed by atoms with Crippen LogP contribution in [0.1, 0.15) is 34.8 Å². The van der Waals surface area contributed by atoms with E-state index >= 15 is 0 Å². The minimum absolute atomic E-state index is 0.144. The predicted octanol–water partition coefficient (Wildman–Crippen LogP) is 2.06. The molecule has 1 fully saturated rings. The number of nitrogens with one attached hydrogen (secondary N) is 1. The van der Waals surface area contributed by atoms with E-state index in [9.17, 15) is 9.18 Å². The number of nitrogens with zero attached hydrogens (tertiary/aromatic N) is 3. The monoisotopic (exact) mass is 274 g/mol. The van der Waals surface area contributed by atoms with E-state index in [0.29, 0.717) is 11.4 Å². The minimum atomic E-state index is -0.294. The van der Waals surface area contributed by atoms with Crippen molar-refractivity contribution in [1.82, 2.24) is 20.1 Å². The van der Waals surface area contributed by atoms with Crippen molar-refractivity contribution in [2.45, 2.75) is 32.4 Å². The normalized spacial score (nSPS) is 14.3. The molecular weight excluding hydrogens is 259 g/mol. The number of rotatable bonds is 4. The zero-order valence-electron chi connectivity index (χ0n) is 11.1. The maximum absolute atomic E-state index is 13.7. The second-order valence-electron chi connectivity index (χ2n) is 5.00.